The van der Waals surface area contributed by atoms with E-state index in [1.165, 1.54) is 17.4 Å². The quantitative estimate of drug-likeness (QED) is 0.585. The number of ether oxygens (including phenoxy) is 2. The van der Waals surface area contributed by atoms with Crippen molar-refractivity contribution in [3.05, 3.63) is 52.5 Å². The van der Waals surface area contributed by atoms with Gasteiger partial charge in [-0.3, -0.25) is 0 Å². The molecule has 4 nitrogen and oxygen atoms in total. The van der Waals surface area contributed by atoms with Gasteiger partial charge in [0.15, 0.2) is 11.5 Å². The summed E-state index contributed by atoms with van der Waals surface area (Å²) < 4.78 is 49.6. The van der Waals surface area contributed by atoms with Gasteiger partial charge in [0.2, 0.25) is 6.79 Å². The minimum Gasteiger partial charge on any atom is -0.454 e. The molecular formula is C18H9F3N2O2S. The SMILES string of the molecule is N#C/C(=C/c1ccc2c(c1)OCO2)c1nc2cc(C(F)(F)F)ccc2s1. The largest absolute Gasteiger partial charge is 0.454 e. The van der Waals surface area contributed by atoms with Gasteiger partial charge in [0, 0.05) is 0 Å². The van der Waals surface area contributed by atoms with Gasteiger partial charge >= 0.3 is 6.18 Å². The maximum absolute atomic E-state index is 12.8. The van der Waals surface area contributed by atoms with Crippen molar-refractivity contribution in [2.24, 2.45) is 0 Å². The molecule has 0 aliphatic carbocycles. The van der Waals surface area contributed by atoms with Crippen LogP contribution in [0.1, 0.15) is 16.1 Å². The zero-order valence-electron chi connectivity index (χ0n) is 13.0. The second kappa shape index (κ2) is 6.04. The van der Waals surface area contributed by atoms with Gasteiger partial charge in [0.05, 0.1) is 21.4 Å². The average Bonchev–Trinajstić information content (AvgIpc) is 3.23. The highest BCUT2D eigenvalue weighted by Crippen LogP contribution is 2.36. The van der Waals surface area contributed by atoms with E-state index in [9.17, 15) is 18.4 Å². The summed E-state index contributed by atoms with van der Waals surface area (Å²) in [6.07, 6.45) is -2.82. The van der Waals surface area contributed by atoms with Gasteiger partial charge in [0.1, 0.15) is 11.1 Å². The van der Waals surface area contributed by atoms with E-state index >= 15 is 0 Å². The molecule has 0 amide bonds. The topological polar surface area (TPSA) is 55.1 Å². The Labute approximate surface area is 149 Å². The monoisotopic (exact) mass is 374 g/mol. The van der Waals surface area contributed by atoms with Crippen LogP contribution >= 0.6 is 11.3 Å². The normalized spacial score (nSPS) is 13.8. The van der Waals surface area contributed by atoms with Gasteiger partial charge in [-0.2, -0.15) is 18.4 Å². The molecule has 0 atom stereocenters. The molecule has 0 radical (unpaired) electrons. The summed E-state index contributed by atoms with van der Waals surface area (Å²) in [6.45, 7) is 0.146. The number of allylic oxidation sites excluding steroid dienone is 1. The number of thiazole rings is 1. The van der Waals surface area contributed by atoms with Crippen LogP contribution in [0.3, 0.4) is 0 Å². The van der Waals surface area contributed by atoms with Crippen molar-refractivity contribution in [3.63, 3.8) is 0 Å². The molecule has 1 aliphatic rings. The first-order valence-corrected chi connectivity index (χ1v) is 8.25. The summed E-state index contributed by atoms with van der Waals surface area (Å²) in [4.78, 5) is 4.20. The maximum Gasteiger partial charge on any atom is 0.416 e. The summed E-state index contributed by atoms with van der Waals surface area (Å²) in [7, 11) is 0. The third kappa shape index (κ3) is 2.97. The summed E-state index contributed by atoms with van der Waals surface area (Å²) >= 11 is 1.17. The molecule has 0 saturated carbocycles. The molecule has 0 spiro atoms. The van der Waals surface area contributed by atoms with Crippen LogP contribution in [0.25, 0.3) is 21.9 Å². The lowest BCUT2D eigenvalue weighted by molar-refractivity contribution is -0.137. The standard InChI is InChI=1S/C18H9F3N2O2S/c19-18(20,21)12-2-4-16-13(7-12)23-17(26-16)11(8-22)5-10-1-3-14-15(6-10)25-9-24-14/h1-7H,9H2/b11-5-. The van der Waals surface area contributed by atoms with Crippen LogP contribution in [0.4, 0.5) is 13.2 Å². The van der Waals surface area contributed by atoms with Gasteiger partial charge < -0.3 is 9.47 Å². The minimum absolute atomic E-state index is 0.146. The zero-order valence-corrected chi connectivity index (χ0v) is 13.8. The highest BCUT2D eigenvalue weighted by atomic mass is 32.1. The Hall–Kier alpha value is -3.05. The number of hydrogen-bond acceptors (Lipinski definition) is 5. The Balaban J connectivity index is 1.73. The van der Waals surface area contributed by atoms with Crippen molar-refractivity contribution >= 4 is 33.2 Å². The van der Waals surface area contributed by atoms with Gasteiger partial charge in [-0.1, -0.05) is 6.07 Å². The van der Waals surface area contributed by atoms with Crippen LogP contribution in [0.5, 0.6) is 11.5 Å². The number of alkyl halides is 3. The van der Waals surface area contributed by atoms with E-state index in [1.54, 1.807) is 24.3 Å². The number of halogens is 3. The van der Waals surface area contributed by atoms with Gasteiger partial charge in [-0.25, -0.2) is 4.98 Å². The van der Waals surface area contributed by atoms with E-state index in [-0.39, 0.29) is 17.9 Å². The van der Waals surface area contributed by atoms with Crippen LogP contribution in [0.15, 0.2) is 36.4 Å². The first-order chi connectivity index (χ1) is 12.4. The lowest BCUT2D eigenvalue weighted by Crippen LogP contribution is -2.03. The van der Waals surface area contributed by atoms with Gasteiger partial charge in [-0.05, 0) is 42.0 Å². The number of fused-ring (bicyclic) bond motifs is 2. The van der Waals surface area contributed by atoms with Crippen molar-refractivity contribution in [2.45, 2.75) is 6.18 Å². The molecule has 8 heteroatoms. The average molecular weight is 374 g/mol. The van der Waals surface area contributed by atoms with Crippen LogP contribution in [0.2, 0.25) is 0 Å². The van der Waals surface area contributed by atoms with Crippen molar-refractivity contribution in [3.8, 4) is 17.6 Å². The summed E-state index contributed by atoms with van der Waals surface area (Å²) in [5.41, 5.74) is 0.423. The fraction of sp³-hybridized carbons (Fsp3) is 0.111. The third-order valence-electron chi connectivity index (χ3n) is 3.77. The molecule has 1 aliphatic heterocycles. The van der Waals surface area contributed by atoms with E-state index in [1.807, 2.05) is 0 Å². The number of hydrogen-bond donors (Lipinski definition) is 0. The van der Waals surface area contributed by atoms with Crippen LogP contribution in [-0.4, -0.2) is 11.8 Å². The molecule has 0 unspecified atom stereocenters. The van der Waals surface area contributed by atoms with Crippen molar-refractivity contribution in [1.29, 1.82) is 5.26 Å². The smallest absolute Gasteiger partial charge is 0.416 e. The van der Waals surface area contributed by atoms with E-state index in [0.717, 1.165) is 12.1 Å². The van der Waals surface area contributed by atoms with E-state index in [2.05, 4.69) is 11.1 Å². The number of nitrogens with zero attached hydrogens (tertiary/aromatic N) is 2. The molecule has 0 bridgehead atoms. The highest BCUT2D eigenvalue weighted by molar-refractivity contribution is 7.19. The van der Waals surface area contributed by atoms with E-state index in [4.69, 9.17) is 9.47 Å². The predicted molar refractivity (Wildman–Crippen MR) is 90.7 cm³/mol. The molecule has 2 heterocycles. The maximum atomic E-state index is 12.8. The predicted octanol–water partition coefficient (Wildman–Crippen LogP) is 5.11. The molecular weight excluding hydrogens is 365 g/mol. The van der Waals surface area contributed by atoms with E-state index in [0.29, 0.717) is 26.8 Å². The molecule has 26 heavy (non-hydrogen) atoms. The Morgan fingerprint density at radius 2 is 1.96 bits per heavy atom. The summed E-state index contributed by atoms with van der Waals surface area (Å²) in [5.74, 6) is 1.20. The fourth-order valence-electron chi connectivity index (χ4n) is 2.53. The molecule has 1 aromatic heterocycles. The first kappa shape index (κ1) is 16.4. The summed E-state index contributed by atoms with van der Waals surface area (Å²) in [5, 5.41) is 9.82. The first-order valence-electron chi connectivity index (χ1n) is 7.44. The van der Waals surface area contributed by atoms with Crippen molar-refractivity contribution in [1.82, 2.24) is 4.98 Å². The van der Waals surface area contributed by atoms with Crippen LogP contribution < -0.4 is 9.47 Å². The second-order valence-electron chi connectivity index (χ2n) is 5.48. The third-order valence-corrected chi connectivity index (χ3v) is 4.84. The summed E-state index contributed by atoms with van der Waals surface area (Å²) in [6, 6.07) is 10.7. The molecule has 3 aromatic rings. The molecule has 0 N–H and O–H groups in total. The molecule has 0 fully saturated rings. The molecule has 2 aromatic carbocycles. The number of aromatic nitrogens is 1. The lowest BCUT2D eigenvalue weighted by atomic mass is 10.1. The zero-order chi connectivity index (χ0) is 18.3. The Kier molecular flexibility index (Phi) is 3.81. The van der Waals surface area contributed by atoms with Crippen molar-refractivity contribution in [2.75, 3.05) is 6.79 Å². The number of rotatable bonds is 2. The van der Waals surface area contributed by atoms with Gasteiger partial charge in [0.25, 0.3) is 0 Å². The minimum atomic E-state index is -4.43. The molecule has 0 saturated heterocycles. The van der Waals surface area contributed by atoms with Crippen LogP contribution in [-0.2, 0) is 6.18 Å². The van der Waals surface area contributed by atoms with E-state index < -0.39 is 11.7 Å². The Bertz CT molecular complexity index is 1080. The lowest BCUT2D eigenvalue weighted by Gasteiger charge is -2.04. The Morgan fingerprint density at radius 1 is 1.15 bits per heavy atom. The second-order valence-corrected chi connectivity index (χ2v) is 6.51. The highest BCUT2D eigenvalue weighted by Gasteiger charge is 2.30. The molecule has 4 rings (SSSR count). The number of benzene rings is 2. The molecule has 130 valence electrons. The number of nitriles is 1. The fourth-order valence-corrected chi connectivity index (χ4v) is 3.44. The van der Waals surface area contributed by atoms with Gasteiger partial charge in [-0.15, -0.1) is 11.3 Å². The Morgan fingerprint density at radius 3 is 2.73 bits per heavy atom. The van der Waals surface area contributed by atoms with Crippen molar-refractivity contribution < 1.29 is 22.6 Å². The van der Waals surface area contributed by atoms with Crippen LogP contribution in [0, 0.1) is 11.3 Å².